The SMILES string of the molecule is CC1=C2COCC(S(=O)(=O)c3ccccc3)=C2C1. The largest absolute Gasteiger partial charge is 0.371 e. The Morgan fingerprint density at radius 2 is 1.78 bits per heavy atom. The molecule has 0 spiro atoms. The van der Waals surface area contributed by atoms with Crippen LogP contribution in [0.5, 0.6) is 0 Å². The second kappa shape index (κ2) is 4.07. The minimum absolute atomic E-state index is 0.198. The molecule has 1 aromatic carbocycles. The fourth-order valence-electron chi connectivity index (χ4n) is 2.42. The van der Waals surface area contributed by atoms with Gasteiger partial charge in [-0.15, -0.1) is 0 Å². The first-order valence-electron chi connectivity index (χ1n) is 5.89. The molecule has 3 rings (SSSR count). The highest BCUT2D eigenvalue weighted by atomic mass is 32.2. The van der Waals surface area contributed by atoms with Gasteiger partial charge in [-0.3, -0.25) is 0 Å². The van der Waals surface area contributed by atoms with Gasteiger partial charge in [-0.05, 0) is 36.6 Å². The third-order valence-electron chi connectivity index (χ3n) is 3.52. The molecule has 4 heteroatoms. The predicted octanol–water partition coefficient (Wildman–Crippen LogP) is 2.46. The van der Waals surface area contributed by atoms with Gasteiger partial charge in [0.05, 0.1) is 23.0 Å². The molecule has 0 N–H and O–H groups in total. The van der Waals surface area contributed by atoms with E-state index in [1.54, 1.807) is 24.3 Å². The molecule has 0 fully saturated rings. The molecule has 0 bridgehead atoms. The number of allylic oxidation sites excluding steroid dienone is 1. The molecule has 1 aliphatic carbocycles. The molecule has 0 radical (unpaired) electrons. The van der Waals surface area contributed by atoms with Gasteiger partial charge in [-0.1, -0.05) is 23.8 Å². The fourth-order valence-corrected chi connectivity index (χ4v) is 3.98. The van der Waals surface area contributed by atoms with Crippen molar-refractivity contribution in [1.29, 1.82) is 0 Å². The molecular weight excluding hydrogens is 248 g/mol. The van der Waals surface area contributed by atoms with Crippen LogP contribution in [0.4, 0.5) is 0 Å². The molecule has 94 valence electrons. The lowest BCUT2D eigenvalue weighted by Gasteiger charge is -2.32. The van der Waals surface area contributed by atoms with Gasteiger partial charge in [0.15, 0.2) is 0 Å². The Morgan fingerprint density at radius 3 is 2.44 bits per heavy atom. The summed E-state index contributed by atoms with van der Waals surface area (Å²) >= 11 is 0. The number of sulfone groups is 1. The summed E-state index contributed by atoms with van der Waals surface area (Å²) in [6.45, 7) is 2.78. The first-order valence-corrected chi connectivity index (χ1v) is 7.38. The van der Waals surface area contributed by atoms with Gasteiger partial charge in [0, 0.05) is 0 Å². The van der Waals surface area contributed by atoms with Crippen LogP contribution < -0.4 is 0 Å². The molecule has 0 saturated heterocycles. The Bertz CT molecular complexity index is 652. The maximum atomic E-state index is 12.5. The zero-order valence-electron chi connectivity index (χ0n) is 10.1. The van der Waals surface area contributed by atoms with Gasteiger partial charge in [0.25, 0.3) is 0 Å². The Hall–Kier alpha value is -1.39. The van der Waals surface area contributed by atoms with Crippen LogP contribution in [0.3, 0.4) is 0 Å². The molecule has 2 aliphatic rings. The summed E-state index contributed by atoms with van der Waals surface area (Å²) in [5.74, 6) is 0. The van der Waals surface area contributed by atoms with E-state index in [1.165, 1.54) is 5.57 Å². The van der Waals surface area contributed by atoms with Crippen LogP contribution in [-0.2, 0) is 14.6 Å². The number of ether oxygens (including phenoxy) is 1. The topological polar surface area (TPSA) is 43.4 Å². The van der Waals surface area contributed by atoms with Crippen molar-refractivity contribution >= 4 is 9.84 Å². The average Bonchev–Trinajstić information content (AvgIpc) is 2.38. The van der Waals surface area contributed by atoms with Crippen molar-refractivity contribution < 1.29 is 13.2 Å². The molecule has 1 heterocycles. The van der Waals surface area contributed by atoms with E-state index in [1.807, 2.05) is 13.0 Å². The van der Waals surface area contributed by atoms with E-state index in [2.05, 4.69) is 0 Å². The Kier molecular flexibility index (Phi) is 2.64. The molecule has 18 heavy (non-hydrogen) atoms. The molecule has 0 atom stereocenters. The van der Waals surface area contributed by atoms with Gasteiger partial charge < -0.3 is 4.74 Å². The van der Waals surface area contributed by atoms with Gasteiger partial charge >= 0.3 is 0 Å². The molecule has 0 amide bonds. The number of fused-ring (bicyclic) bond motifs is 1. The van der Waals surface area contributed by atoms with E-state index in [9.17, 15) is 8.42 Å². The van der Waals surface area contributed by atoms with Gasteiger partial charge in [0.1, 0.15) is 0 Å². The van der Waals surface area contributed by atoms with Crippen molar-refractivity contribution in [2.45, 2.75) is 18.2 Å². The van der Waals surface area contributed by atoms with Gasteiger partial charge in [-0.2, -0.15) is 0 Å². The van der Waals surface area contributed by atoms with E-state index in [0.29, 0.717) is 16.4 Å². The van der Waals surface area contributed by atoms with E-state index in [-0.39, 0.29) is 6.61 Å². The van der Waals surface area contributed by atoms with Crippen LogP contribution in [0, 0.1) is 0 Å². The standard InChI is InChI=1S/C14H14O3S/c1-10-7-12-13(10)8-17-9-14(12)18(15,16)11-5-3-2-4-6-11/h2-6H,7-9H2,1H3. The molecule has 0 unspecified atom stereocenters. The molecule has 0 aromatic heterocycles. The first kappa shape index (κ1) is 11.7. The smallest absolute Gasteiger partial charge is 0.205 e. The summed E-state index contributed by atoms with van der Waals surface area (Å²) in [6.07, 6.45) is 0.778. The second-order valence-electron chi connectivity index (χ2n) is 4.65. The normalized spacial score (nSPS) is 19.6. The zero-order chi connectivity index (χ0) is 12.8. The fraction of sp³-hybridized carbons (Fsp3) is 0.286. The predicted molar refractivity (Wildman–Crippen MR) is 68.8 cm³/mol. The van der Waals surface area contributed by atoms with Crippen molar-refractivity contribution in [1.82, 2.24) is 0 Å². The van der Waals surface area contributed by atoms with E-state index in [0.717, 1.165) is 17.6 Å². The maximum absolute atomic E-state index is 12.5. The monoisotopic (exact) mass is 262 g/mol. The molecule has 1 aromatic rings. The summed E-state index contributed by atoms with van der Waals surface area (Å²) in [5.41, 5.74) is 3.30. The molecule has 1 aliphatic heterocycles. The van der Waals surface area contributed by atoms with Crippen LogP contribution in [0.25, 0.3) is 0 Å². The van der Waals surface area contributed by atoms with Crippen LogP contribution in [0.2, 0.25) is 0 Å². The summed E-state index contributed by atoms with van der Waals surface area (Å²) in [6, 6.07) is 8.56. The maximum Gasteiger partial charge on any atom is 0.205 e. The summed E-state index contributed by atoms with van der Waals surface area (Å²) in [5, 5.41) is 0. The summed E-state index contributed by atoms with van der Waals surface area (Å²) in [7, 11) is -3.40. The Balaban J connectivity index is 2.12. The number of benzene rings is 1. The highest BCUT2D eigenvalue weighted by Gasteiger charge is 2.34. The summed E-state index contributed by atoms with van der Waals surface area (Å²) in [4.78, 5) is 0.794. The minimum atomic E-state index is -3.40. The quantitative estimate of drug-likeness (QED) is 0.822. The summed E-state index contributed by atoms with van der Waals surface area (Å²) < 4.78 is 30.4. The third kappa shape index (κ3) is 1.64. The number of hydrogen-bond acceptors (Lipinski definition) is 3. The average molecular weight is 262 g/mol. The van der Waals surface area contributed by atoms with Gasteiger partial charge in [-0.25, -0.2) is 8.42 Å². The van der Waals surface area contributed by atoms with Crippen LogP contribution in [0.15, 0.2) is 56.9 Å². The van der Waals surface area contributed by atoms with E-state index < -0.39 is 9.84 Å². The zero-order valence-corrected chi connectivity index (χ0v) is 11.0. The van der Waals surface area contributed by atoms with Crippen LogP contribution in [-0.4, -0.2) is 21.6 Å². The minimum Gasteiger partial charge on any atom is -0.371 e. The van der Waals surface area contributed by atoms with Crippen molar-refractivity contribution in [3.63, 3.8) is 0 Å². The van der Waals surface area contributed by atoms with Crippen molar-refractivity contribution in [2.75, 3.05) is 13.2 Å². The second-order valence-corrected chi connectivity index (χ2v) is 6.62. The highest BCUT2D eigenvalue weighted by molar-refractivity contribution is 7.95. The highest BCUT2D eigenvalue weighted by Crippen LogP contribution is 2.41. The third-order valence-corrected chi connectivity index (χ3v) is 5.42. The molecular formula is C14H14O3S. The lowest BCUT2D eigenvalue weighted by molar-refractivity contribution is 0.172. The van der Waals surface area contributed by atoms with Crippen molar-refractivity contribution in [3.05, 3.63) is 52.0 Å². The lowest BCUT2D eigenvalue weighted by Crippen LogP contribution is -2.26. The molecule has 3 nitrogen and oxygen atoms in total. The number of rotatable bonds is 2. The van der Waals surface area contributed by atoms with Crippen molar-refractivity contribution in [3.8, 4) is 0 Å². The number of hydrogen-bond donors (Lipinski definition) is 0. The lowest BCUT2D eigenvalue weighted by atomic mass is 9.83. The van der Waals surface area contributed by atoms with Gasteiger partial charge in [0.2, 0.25) is 9.84 Å². The van der Waals surface area contributed by atoms with E-state index >= 15 is 0 Å². The first-order chi connectivity index (χ1) is 8.60. The molecule has 0 saturated carbocycles. The van der Waals surface area contributed by atoms with Crippen molar-refractivity contribution in [2.24, 2.45) is 0 Å². The van der Waals surface area contributed by atoms with Crippen LogP contribution in [0.1, 0.15) is 13.3 Å². The van der Waals surface area contributed by atoms with Crippen LogP contribution >= 0.6 is 0 Å². The van der Waals surface area contributed by atoms with E-state index in [4.69, 9.17) is 4.74 Å². The Labute approximate surface area is 107 Å². The Morgan fingerprint density at radius 1 is 1.06 bits per heavy atom.